The third-order valence-electron chi connectivity index (χ3n) is 4.88. The molecule has 1 aliphatic heterocycles. The number of hydrogen-bond acceptors (Lipinski definition) is 5. The summed E-state index contributed by atoms with van der Waals surface area (Å²) in [6, 6.07) is 20.0. The molecule has 0 aromatic heterocycles. The summed E-state index contributed by atoms with van der Waals surface area (Å²) in [5.41, 5.74) is 3.30. The molecule has 0 saturated carbocycles. The van der Waals surface area contributed by atoms with E-state index in [0.717, 1.165) is 22.4 Å². The van der Waals surface area contributed by atoms with Gasteiger partial charge in [0.05, 0.1) is 18.1 Å². The standard InChI is InChI=1S/C21H15NO5/c23-22(24)14-6-8-17-18-9-7-16(27-15-4-2-1-3-5-15)13-20(18)21(19(17)12-14)25-10-11-26-21/h1-9,12-13H,10-11H2. The number of nitrogens with zero attached hydrogens (tertiary/aromatic N) is 1. The molecule has 2 aliphatic rings. The van der Waals surface area contributed by atoms with E-state index in [1.165, 1.54) is 6.07 Å². The molecule has 0 amide bonds. The molecule has 0 N–H and O–H groups in total. The maximum Gasteiger partial charge on any atom is 0.269 e. The Balaban J connectivity index is 1.64. The van der Waals surface area contributed by atoms with Crippen LogP contribution in [0.5, 0.6) is 11.5 Å². The summed E-state index contributed by atoms with van der Waals surface area (Å²) < 4.78 is 17.9. The summed E-state index contributed by atoms with van der Waals surface area (Å²) in [6.45, 7) is 0.844. The first-order valence-corrected chi connectivity index (χ1v) is 8.62. The fourth-order valence-electron chi connectivity index (χ4n) is 3.74. The minimum Gasteiger partial charge on any atom is -0.457 e. The molecule has 0 bridgehead atoms. The number of hydrogen-bond donors (Lipinski definition) is 0. The van der Waals surface area contributed by atoms with Crippen molar-refractivity contribution in [1.29, 1.82) is 0 Å². The number of non-ortho nitro benzene ring substituents is 1. The van der Waals surface area contributed by atoms with Crippen LogP contribution in [0.25, 0.3) is 11.1 Å². The molecule has 0 atom stereocenters. The maximum absolute atomic E-state index is 11.2. The third-order valence-corrected chi connectivity index (χ3v) is 4.88. The van der Waals surface area contributed by atoms with Crippen LogP contribution >= 0.6 is 0 Å². The van der Waals surface area contributed by atoms with E-state index in [1.54, 1.807) is 12.1 Å². The number of ether oxygens (including phenoxy) is 3. The summed E-state index contributed by atoms with van der Waals surface area (Å²) in [4.78, 5) is 10.8. The van der Waals surface area contributed by atoms with E-state index in [-0.39, 0.29) is 5.69 Å². The van der Waals surface area contributed by atoms with Gasteiger partial charge in [0, 0.05) is 23.3 Å². The molecule has 1 heterocycles. The van der Waals surface area contributed by atoms with Gasteiger partial charge in [-0.15, -0.1) is 0 Å². The van der Waals surface area contributed by atoms with Gasteiger partial charge in [-0.25, -0.2) is 0 Å². The van der Waals surface area contributed by atoms with Gasteiger partial charge in [0.15, 0.2) is 0 Å². The molecule has 3 aromatic rings. The van der Waals surface area contributed by atoms with Gasteiger partial charge in [0.1, 0.15) is 11.5 Å². The second-order valence-corrected chi connectivity index (χ2v) is 6.42. The topological polar surface area (TPSA) is 70.8 Å². The van der Waals surface area contributed by atoms with Crippen molar-refractivity contribution in [2.75, 3.05) is 13.2 Å². The van der Waals surface area contributed by atoms with Crippen molar-refractivity contribution in [2.24, 2.45) is 0 Å². The van der Waals surface area contributed by atoms with Crippen molar-refractivity contribution >= 4 is 5.69 Å². The molecule has 6 heteroatoms. The zero-order chi connectivity index (χ0) is 18.4. The molecule has 0 radical (unpaired) electrons. The van der Waals surface area contributed by atoms with E-state index in [1.807, 2.05) is 48.5 Å². The summed E-state index contributed by atoms with van der Waals surface area (Å²) in [7, 11) is 0. The maximum atomic E-state index is 11.2. The van der Waals surface area contributed by atoms with Gasteiger partial charge in [0.2, 0.25) is 5.79 Å². The highest BCUT2D eigenvalue weighted by Crippen LogP contribution is 2.53. The van der Waals surface area contributed by atoms with E-state index in [4.69, 9.17) is 14.2 Å². The Morgan fingerprint density at radius 3 is 2.22 bits per heavy atom. The summed E-state index contributed by atoms with van der Waals surface area (Å²) >= 11 is 0. The molecule has 134 valence electrons. The van der Waals surface area contributed by atoms with Crippen molar-refractivity contribution in [2.45, 2.75) is 5.79 Å². The second-order valence-electron chi connectivity index (χ2n) is 6.42. The number of fused-ring (bicyclic) bond motifs is 5. The third kappa shape index (κ3) is 2.42. The summed E-state index contributed by atoms with van der Waals surface area (Å²) in [5.74, 6) is 0.263. The van der Waals surface area contributed by atoms with Crippen molar-refractivity contribution < 1.29 is 19.1 Å². The van der Waals surface area contributed by atoms with Crippen molar-refractivity contribution in [1.82, 2.24) is 0 Å². The molecule has 1 fully saturated rings. The Morgan fingerprint density at radius 1 is 0.852 bits per heavy atom. The predicted octanol–water partition coefficient (Wildman–Crippen LogP) is 4.62. The summed E-state index contributed by atoms with van der Waals surface area (Å²) in [6.07, 6.45) is 0. The van der Waals surface area contributed by atoms with Crippen LogP contribution in [0.1, 0.15) is 11.1 Å². The van der Waals surface area contributed by atoms with Crippen LogP contribution in [-0.4, -0.2) is 18.1 Å². The normalized spacial score (nSPS) is 16.1. The Hall–Kier alpha value is -3.22. The zero-order valence-electron chi connectivity index (χ0n) is 14.3. The predicted molar refractivity (Wildman–Crippen MR) is 97.7 cm³/mol. The van der Waals surface area contributed by atoms with Gasteiger partial charge in [-0.2, -0.15) is 0 Å². The number of benzene rings is 3. The van der Waals surface area contributed by atoms with Crippen LogP contribution in [0.15, 0.2) is 66.7 Å². The quantitative estimate of drug-likeness (QED) is 0.503. The molecule has 1 saturated heterocycles. The molecule has 5 rings (SSSR count). The van der Waals surface area contributed by atoms with Crippen LogP contribution in [-0.2, 0) is 15.3 Å². The zero-order valence-corrected chi connectivity index (χ0v) is 14.3. The Kier molecular flexibility index (Phi) is 3.50. The van der Waals surface area contributed by atoms with Gasteiger partial charge < -0.3 is 14.2 Å². The molecule has 0 unspecified atom stereocenters. The SMILES string of the molecule is O=[N+]([O-])c1ccc2c(c1)C1(OCCO1)c1cc(Oc3ccccc3)ccc1-2. The van der Waals surface area contributed by atoms with Crippen LogP contribution in [0.2, 0.25) is 0 Å². The Bertz CT molecular complexity index is 1040. The van der Waals surface area contributed by atoms with Gasteiger partial charge in [-0.05, 0) is 41.5 Å². The fraction of sp³-hybridized carbons (Fsp3) is 0.143. The van der Waals surface area contributed by atoms with E-state index in [9.17, 15) is 10.1 Å². The fourth-order valence-corrected chi connectivity index (χ4v) is 3.74. The molecule has 1 spiro atoms. The van der Waals surface area contributed by atoms with Crippen LogP contribution in [0, 0.1) is 10.1 Å². The first kappa shape index (κ1) is 16.0. The largest absolute Gasteiger partial charge is 0.457 e. The lowest BCUT2D eigenvalue weighted by Gasteiger charge is -2.24. The average Bonchev–Trinajstić information content (AvgIpc) is 3.28. The first-order chi connectivity index (χ1) is 13.2. The highest BCUT2D eigenvalue weighted by molar-refractivity contribution is 5.81. The average molecular weight is 361 g/mol. The van der Waals surface area contributed by atoms with E-state index in [2.05, 4.69) is 0 Å². The van der Waals surface area contributed by atoms with Crippen LogP contribution < -0.4 is 4.74 Å². The smallest absolute Gasteiger partial charge is 0.269 e. The molecular weight excluding hydrogens is 346 g/mol. The Labute approximate surface area is 155 Å². The lowest BCUT2D eigenvalue weighted by molar-refractivity contribution is -0.385. The number of nitro benzene ring substituents is 1. The minimum absolute atomic E-state index is 0.0146. The summed E-state index contributed by atoms with van der Waals surface area (Å²) in [5, 5.41) is 11.2. The Morgan fingerprint density at radius 2 is 1.52 bits per heavy atom. The van der Waals surface area contributed by atoms with Crippen molar-refractivity contribution in [3.8, 4) is 22.6 Å². The number of nitro groups is 1. The highest BCUT2D eigenvalue weighted by atomic mass is 16.7. The number of rotatable bonds is 3. The molecular formula is C21H15NO5. The molecule has 3 aromatic carbocycles. The lowest BCUT2D eigenvalue weighted by atomic mass is 10.0. The molecule has 6 nitrogen and oxygen atoms in total. The van der Waals surface area contributed by atoms with Gasteiger partial charge >= 0.3 is 0 Å². The van der Waals surface area contributed by atoms with Crippen molar-refractivity contribution in [3.05, 3.63) is 88.0 Å². The van der Waals surface area contributed by atoms with Crippen LogP contribution in [0.3, 0.4) is 0 Å². The monoisotopic (exact) mass is 361 g/mol. The van der Waals surface area contributed by atoms with E-state index >= 15 is 0 Å². The second kappa shape index (κ2) is 5.90. The molecule has 27 heavy (non-hydrogen) atoms. The van der Waals surface area contributed by atoms with Gasteiger partial charge in [-0.1, -0.05) is 24.3 Å². The number of para-hydroxylation sites is 1. The lowest BCUT2D eigenvalue weighted by Crippen LogP contribution is -2.26. The minimum atomic E-state index is -1.12. The van der Waals surface area contributed by atoms with Gasteiger partial charge in [0.25, 0.3) is 5.69 Å². The van der Waals surface area contributed by atoms with Gasteiger partial charge in [-0.3, -0.25) is 10.1 Å². The van der Waals surface area contributed by atoms with Crippen LogP contribution in [0.4, 0.5) is 5.69 Å². The van der Waals surface area contributed by atoms with Crippen molar-refractivity contribution in [3.63, 3.8) is 0 Å². The van der Waals surface area contributed by atoms with E-state index in [0.29, 0.717) is 24.5 Å². The molecule has 1 aliphatic carbocycles. The first-order valence-electron chi connectivity index (χ1n) is 8.62. The highest BCUT2D eigenvalue weighted by Gasteiger charge is 2.49. The van der Waals surface area contributed by atoms with E-state index < -0.39 is 10.7 Å².